The summed E-state index contributed by atoms with van der Waals surface area (Å²) < 4.78 is 88.1. The predicted molar refractivity (Wildman–Crippen MR) is 62.8 cm³/mol. The highest BCUT2D eigenvalue weighted by molar-refractivity contribution is 5.72. The highest BCUT2D eigenvalue weighted by Crippen LogP contribution is 2.43. The molecule has 5 nitrogen and oxygen atoms in total. The van der Waals surface area contributed by atoms with E-state index in [0.29, 0.717) is 0 Å². The van der Waals surface area contributed by atoms with Crippen LogP contribution in [0.1, 0.15) is 18.2 Å². The monoisotopic (exact) mass is 347 g/mol. The summed E-state index contributed by atoms with van der Waals surface area (Å²) in [6.07, 6.45) is -11.2. The van der Waals surface area contributed by atoms with Crippen molar-refractivity contribution in [1.82, 2.24) is 4.98 Å². The largest absolute Gasteiger partial charge is 0.573 e. The number of nitrogens with zero attached hydrogens (tertiary/aromatic N) is 1. The summed E-state index contributed by atoms with van der Waals surface area (Å²) in [5, 5.41) is 0. The van der Waals surface area contributed by atoms with Gasteiger partial charge < -0.3 is 14.2 Å². The smallest absolute Gasteiger partial charge is 0.478 e. The van der Waals surface area contributed by atoms with Gasteiger partial charge in [0.25, 0.3) is 5.88 Å². The van der Waals surface area contributed by atoms with Crippen LogP contribution in [0, 0.1) is 0 Å². The number of hydrogen-bond acceptors (Lipinski definition) is 5. The van der Waals surface area contributed by atoms with Gasteiger partial charge in [-0.2, -0.15) is 13.2 Å². The molecule has 1 aromatic heterocycles. The van der Waals surface area contributed by atoms with Gasteiger partial charge in [-0.15, -0.1) is 13.2 Å². The first-order valence-electron chi connectivity index (χ1n) is 6.04. The minimum atomic E-state index is -5.38. The van der Waals surface area contributed by atoms with Crippen LogP contribution in [-0.2, 0) is 22.1 Å². The number of aromatic nitrogens is 1. The lowest BCUT2D eigenvalue weighted by Crippen LogP contribution is -2.22. The van der Waals surface area contributed by atoms with Gasteiger partial charge in [0.2, 0.25) is 5.75 Å². The summed E-state index contributed by atoms with van der Waals surface area (Å²) >= 11 is 0. The molecule has 0 atom stereocenters. The zero-order chi connectivity index (χ0) is 17.8. The maximum Gasteiger partial charge on any atom is 0.573 e. The van der Waals surface area contributed by atoms with E-state index in [9.17, 15) is 31.1 Å². The Balaban J connectivity index is 3.37. The third-order valence-electron chi connectivity index (χ3n) is 2.34. The maximum absolute atomic E-state index is 13.0. The summed E-state index contributed by atoms with van der Waals surface area (Å²) in [6.45, 7) is 1.46. The Kier molecular flexibility index (Phi) is 5.67. The number of hydrogen-bond donors (Lipinski definition) is 0. The number of halogens is 6. The lowest BCUT2D eigenvalue weighted by atomic mass is 10.1. The number of alkyl halides is 6. The molecule has 11 heteroatoms. The van der Waals surface area contributed by atoms with Crippen LogP contribution in [0.3, 0.4) is 0 Å². The van der Waals surface area contributed by atoms with Crippen molar-refractivity contribution in [3.63, 3.8) is 0 Å². The van der Waals surface area contributed by atoms with Crippen molar-refractivity contribution in [1.29, 1.82) is 0 Å². The third kappa shape index (κ3) is 5.49. The predicted octanol–water partition coefficient (Wildman–Crippen LogP) is 3.11. The Morgan fingerprint density at radius 2 is 1.83 bits per heavy atom. The molecule has 0 unspecified atom stereocenters. The Morgan fingerprint density at radius 1 is 1.22 bits per heavy atom. The van der Waals surface area contributed by atoms with Crippen molar-refractivity contribution >= 4 is 5.97 Å². The Hall–Kier alpha value is -2.20. The van der Waals surface area contributed by atoms with Gasteiger partial charge in [0.15, 0.2) is 0 Å². The second-order valence-electron chi connectivity index (χ2n) is 4.03. The lowest BCUT2D eigenvalue weighted by molar-refractivity contribution is -0.276. The quantitative estimate of drug-likeness (QED) is 0.605. The molecule has 23 heavy (non-hydrogen) atoms. The summed E-state index contributed by atoms with van der Waals surface area (Å²) in [5.74, 6) is -3.56. The minimum Gasteiger partial charge on any atom is -0.478 e. The van der Waals surface area contributed by atoms with E-state index in [4.69, 9.17) is 0 Å². The molecule has 0 N–H and O–H groups in total. The summed E-state index contributed by atoms with van der Waals surface area (Å²) in [5.41, 5.74) is -2.23. The van der Waals surface area contributed by atoms with E-state index in [0.717, 1.165) is 7.11 Å². The molecule has 0 saturated carbocycles. The zero-order valence-corrected chi connectivity index (χ0v) is 11.8. The van der Waals surface area contributed by atoms with Gasteiger partial charge >= 0.3 is 18.5 Å². The molecule has 0 aliphatic heterocycles. The van der Waals surface area contributed by atoms with Crippen LogP contribution in [0.25, 0.3) is 0 Å². The lowest BCUT2D eigenvalue weighted by Gasteiger charge is -2.18. The topological polar surface area (TPSA) is 57.7 Å². The van der Waals surface area contributed by atoms with Crippen molar-refractivity contribution in [2.24, 2.45) is 0 Å². The number of carbonyl (C=O) groups is 1. The van der Waals surface area contributed by atoms with Crippen LogP contribution in [-0.4, -0.2) is 31.0 Å². The maximum atomic E-state index is 13.0. The van der Waals surface area contributed by atoms with Crippen LogP contribution >= 0.6 is 0 Å². The fraction of sp³-hybridized carbons (Fsp3) is 0.500. The number of carbonyl (C=O) groups excluding carboxylic acids is 1. The highest BCUT2D eigenvalue weighted by Gasteiger charge is 2.42. The Labute approximate surface area is 126 Å². The molecule has 0 fully saturated rings. The van der Waals surface area contributed by atoms with Crippen molar-refractivity contribution in [3.05, 3.63) is 17.3 Å². The van der Waals surface area contributed by atoms with Gasteiger partial charge in [-0.05, 0) is 13.0 Å². The molecule has 0 aliphatic rings. The number of rotatable bonds is 5. The van der Waals surface area contributed by atoms with Gasteiger partial charge in [0.05, 0.1) is 25.8 Å². The number of ether oxygens (including phenoxy) is 3. The second-order valence-corrected chi connectivity index (χ2v) is 4.03. The van der Waals surface area contributed by atoms with E-state index in [1.165, 1.54) is 6.92 Å². The SMILES string of the molecule is CCOC(=O)Cc1cc(C(F)(F)F)c(OC(F)(F)F)c(OC)n1. The van der Waals surface area contributed by atoms with Gasteiger partial charge in [-0.3, -0.25) is 4.79 Å². The van der Waals surface area contributed by atoms with Gasteiger partial charge in [0.1, 0.15) is 5.56 Å². The normalized spacial score (nSPS) is 12.0. The van der Waals surface area contributed by atoms with E-state index in [1.807, 2.05) is 0 Å². The first-order valence-corrected chi connectivity index (χ1v) is 6.04. The number of methoxy groups -OCH3 is 1. The average Bonchev–Trinajstić information content (AvgIpc) is 2.37. The Bertz CT molecular complexity index is 570. The van der Waals surface area contributed by atoms with Crippen molar-refractivity contribution in [3.8, 4) is 11.6 Å². The van der Waals surface area contributed by atoms with E-state index in [-0.39, 0.29) is 12.7 Å². The van der Waals surface area contributed by atoms with E-state index in [1.54, 1.807) is 0 Å². The molecule has 1 aromatic rings. The molecule has 0 saturated heterocycles. The molecule has 1 heterocycles. The van der Waals surface area contributed by atoms with Crippen molar-refractivity contribution in [2.75, 3.05) is 13.7 Å². The average molecular weight is 347 g/mol. The van der Waals surface area contributed by atoms with Crippen LogP contribution in [0.5, 0.6) is 11.6 Å². The van der Waals surface area contributed by atoms with Crippen LogP contribution in [0.15, 0.2) is 6.07 Å². The molecule has 0 spiro atoms. The fourth-order valence-corrected chi connectivity index (χ4v) is 1.57. The number of esters is 1. The molecule has 0 aromatic carbocycles. The van der Waals surface area contributed by atoms with Crippen LogP contribution in [0.4, 0.5) is 26.3 Å². The van der Waals surface area contributed by atoms with E-state index < -0.39 is 47.8 Å². The van der Waals surface area contributed by atoms with E-state index >= 15 is 0 Å². The third-order valence-corrected chi connectivity index (χ3v) is 2.34. The first kappa shape index (κ1) is 18.8. The molecule has 0 amide bonds. The summed E-state index contributed by atoms with van der Waals surface area (Å²) in [4.78, 5) is 14.7. The summed E-state index contributed by atoms with van der Waals surface area (Å²) in [6, 6.07) is 0.278. The molecule has 130 valence electrons. The first-order chi connectivity index (χ1) is 10.5. The zero-order valence-electron chi connectivity index (χ0n) is 11.8. The molecule has 1 rings (SSSR count). The number of pyridine rings is 1. The van der Waals surface area contributed by atoms with E-state index in [2.05, 4.69) is 19.2 Å². The summed E-state index contributed by atoms with van der Waals surface area (Å²) in [7, 11) is 0.819. The molecule has 0 bridgehead atoms. The Morgan fingerprint density at radius 3 is 2.26 bits per heavy atom. The second kappa shape index (κ2) is 6.92. The fourth-order valence-electron chi connectivity index (χ4n) is 1.57. The molecular weight excluding hydrogens is 336 g/mol. The van der Waals surface area contributed by atoms with Crippen LogP contribution in [0.2, 0.25) is 0 Å². The van der Waals surface area contributed by atoms with Gasteiger partial charge in [0, 0.05) is 0 Å². The van der Waals surface area contributed by atoms with Crippen molar-refractivity contribution in [2.45, 2.75) is 25.9 Å². The molecule has 0 aliphatic carbocycles. The highest BCUT2D eigenvalue weighted by atomic mass is 19.4. The molecular formula is C12H11F6NO4. The molecule has 0 radical (unpaired) electrons. The minimum absolute atomic E-state index is 0.0165. The standard InChI is InChI=1S/C12H11F6NO4/c1-3-22-8(20)5-6-4-7(11(13,14)15)9(10(19-6)21-2)23-12(16,17)18/h4H,3,5H2,1-2H3. The van der Waals surface area contributed by atoms with Crippen molar-refractivity contribution < 1.29 is 45.3 Å². The van der Waals surface area contributed by atoms with Crippen LogP contribution < -0.4 is 9.47 Å². The van der Waals surface area contributed by atoms with Gasteiger partial charge in [-0.1, -0.05) is 0 Å². The van der Waals surface area contributed by atoms with Gasteiger partial charge in [-0.25, -0.2) is 4.98 Å².